The second kappa shape index (κ2) is 10.3. The van der Waals surface area contributed by atoms with Crippen molar-refractivity contribution >= 4 is 24.9 Å². The summed E-state index contributed by atoms with van der Waals surface area (Å²) in [6.07, 6.45) is 0. The number of carbonyl (C=O) groups is 1. The van der Waals surface area contributed by atoms with Crippen LogP contribution < -0.4 is 4.90 Å². The Kier molecular flexibility index (Phi) is 7.19. The van der Waals surface area contributed by atoms with Gasteiger partial charge in [0.1, 0.15) is 5.71 Å². The fraction of sp³-hybridized carbons (Fsp3) is 0.231. The third kappa shape index (κ3) is 4.83. The molecule has 4 rings (SSSR count). The molecule has 3 aromatic rings. The van der Waals surface area contributed by atoms with Crippen molar-refractivity contribution in [2.24, 2.45) is 4.99 Å². The Morgan fingerprint density at radius 2 is 1.42 bits per heavy atom. The number of amides is 1. The lowest BCUT2D eigenvalue weighted by atomic mass is 10.1. The topological polar surface area (TPSA) is 68.2 Å². The van der Waals surface area contributed by atoms with Crippen molar-refractivity contribution in [3.8, 4) is 0 Å². The number of benzene rings is 3. The van der Waals surface area contributed by atoms with Gasteiger partial charge in [-0.2, -0.15) is 0 Å². The first kappa shape index (κ1) is 23.1. The van der Waals surface area contributed by atoms with E-state index in [0.29, 0.717) is 17.7 Å². The zero-order valence-electron chi connectivity index (χ0n) is 18.8. The summed E-state index contributed by atoms with van der Waals surface area (Å²) in [5.74, 6) is -1.19. The fourth-order valence-corrected chi connectivity index (χ4v) is 5.79. The number of fused-ring (bicyclic) bond motifs is 1. The van der Waals surface area contributed by atoms with Crippen LogP contribution in [0, 0.1) is 0 Å². The molecule has 0 N–H and O–H groups in total. The highest BCUT2D eigenvalue weighted by molar-refractivity contribution is 7.54. The molecule has 0 saturated heterocycles. The highest BCUT2D eigenvalue weighted by atomic mass is 31.2. The Labute approximate surface area is 194 Å². The number of nitrogens with zero attached hydrogens (tertiary/aromatic N) is 2. The van der Waals surface area contributed by atoms with Gasteiger partial charge in [-0.15, -0.1) is 0 Å². The number of para-hydroxylation sites is 1. The minimum atomic E-state index is -3.69. The Morgan fingerprint density at radius 1 is 0.848 bits per heavy atom. The van der Waals surface area contributed by atoms with E-state index in [0.717, 1.165) is 11.3 Å². The van der Waals surface area contributed by atoms with Gasteiger partial charge in [0.05, 0.1) is 25.4 Å². The van der Waals surface area contributed by atoms with Gasteiger partial charge in [-0.1, -0.05) is 78.9 Å². The molecule has 170 valence electrons. The predicted octanol–water partition coefficient (Wildman–Crippen LogP) is 5.99. The SMILES string of the molecule is CCOP(=O)(OCC)C(/N=C1/C(=O)N(Cc2ccccc2)c2ccccc21)c1ccccc1. The highest BCUT2D eigenvalue weighted by Gasteiger charge is 2.40. The van der Waals surface area contributed by atoms with E-state index >= 15 is 0 Å². The molecule has 1 amide bonds. The van der Waals surface area contributed by atoms with E-state index in [2.05, 4.69) is 0 Å². The van der Waals surface area contributed by atoms with Crippen LogP contribution in [-0.4, -0.2) is 24.8 Å². The smallest absolute Gasteiger partial charge is 0.307 e. The molecule has 0 saturated carbocycles. The van der Waals surface area contributed by atoms with Gasteiger partial charge in [-0.3, -0.25) is 14.4 Å². The van der Waals surface area contributed by atoms with Crippen molar-refractivity contribution in [1.29, 1.82) is 0 Å². The largest absolute Gasteiger partial charge is 0.359 e. The Hall–Kier alpha value is -3.05. The van der Waals surface area contributed by atoms with Crippen molar-refractivity contribution in [1.82, 2.24) is 0 Å². The van der Waals surface area contributed by atoms with Gasteiger partial charge in [-0.25, -0.2) is 0 Å². The van der Waals surface area contributed by atoms with E-state index in [9.17, 15) is 9.36 Å². The third-order valence-electron chi connectivity index (χ3n) is 5.35. The minimum Gasteiger partial charge on any atom is -0.307 e. The molecule has 6 nitrogen and oxygen atoms in total. The van der Waals surface area contributed by atoms with Crippen LogP contribution in [0.25, 0.3) is 0 Å². The molecule has 1 atom stereocenters. The Balaban J connectivity index is 1.81. The summed E-state index contributed by atoms with van der Waals surface area (Å²) in [4.78, 5) is 20.1. The number of carbonyl (C=O) groups excluding carboxylic acids is 1. The van der Waals surface area contributed by atoms with Gasteiger partial charge in [0.25, 0.3) is 5.91 Å². The van der Waals surface area contributed by atoms with Gasteiger partial charge in [0.15, 0.2) is 5.78 Å². The maximum atomic E-state index is 13.8. The van der Waals surface area contributed by atoms with Crippen molar-refractivity contribution in [3.05, 3.63) is 102 Å². The second-order valence-corrected chi connectivity index (χ2v) is 9.62. The molecular weight excluding hydrogens is 435 g/mol. The Bertz CT molecular complexity index is 1170. The van der Waals surface area contributed by atoms with Crippen LogP contribution in [0.1, 0.15) is 36.3 Å². The lowest BCUT2D eigenvalue weighted by Gasteiger charge is -2.24. The van der Waals surface area contributed by atoms with E-state index in [1.54, 1.807) is 18.7 Å². The number of anilines is 1. The Morgan fingerprint density at radius 3 is 2.06 bits per heavy atom. The first-order valence-corrected chi connectivity index (χ1v) is 12.6. The molecule has 0 aliphatic carbocycles. The van der Waals surface area contributed by atoms with E-state index in [-0.39, 0.29) is 24.8 Å². The molecule has 1 unspecified atom stereocenters. The molecule has 0 bridgehead atoms. The lowest BCUT2D eigenvalue weighted by molar-refractivity contribution is -0.112. The molecule has 0 aromatic heterocycles. The lowest BCUT2D eigenvalue weighted by Crippen LogP contribution is -2.30. The van der Waals surface area contributed by atoms with Crippen LogP contribution in [0.3, 0.4) is 0 Å². The molecule has 3 aromatic carbocycles. The van der Waals surface area contributed by atoms with Crippen molar-refractivity contribution in [2.75, 3.05) is 18.1 Å². The van der Waals surface area contributed by atoms with E-state index in [4.69, 9.17) is 14.0 Å². The van der Waals surface area contributed by atoms with Gasteiger partial charge in [0.2, 0.25) is 0 Å². The average molecular weight is 462 g/mol. The maximum absolute atomic E-state index is 13.8. The van der Waals surface area contributed by atoms with Gasteiger partial charge in [0, 0.05) is 5.56 Å². The monoisotopic (exact) mass is 462 g/mol. The van der Waals surface area contributed by atoms with Crippen molar-refractivity contribution in [3.63, 3.8) is 0 Å². The van der Waals surface area contributed by atoms with E-state index in [1.807, 2.05) is 84.9 Å². The molecule has 1 heterocycles. The summed E-state index contributed by atoms with van der Waals surface area (Å²) >= 11 is 0. The van der Waals surface area contributed by atoms with E-state index < -0.39 is 13.4 Å². The summed E-state index contributed by atoms with van der Waals surface area (Å²) in [5.41, 5.74) is 3.42. The van der Waals surface area contributed by atoms with Gasteiger partial charge < -0.3 is 13.9 Å². The van der Waals surface area contributed by atoms with E-state index in [1.165, 1.54) is 0 Å². The third-order valence-corrected chi connectivity index (χ3v) is 7.60. The molecule has 0 radical (unpaired) electrons. The van der Waals surface area contributed by atoms with Crippen LogP contribution in [0.5, 0.6) is 0 Å². The van der Waals surface area contributed by atoms with Crippen LogP contribution in [0.15, 0.2) is 89.9 Å². The molecule has 1 aliphatic rings. The molecule has 7 heteroatoms. The van der Waals surface area contributed by atoms with Crippen LogP contribution in [0.4, 0.5) is 5.69 Å². The average Bonchev–Trinajstić information content (AvgIpc) is 3.09. The van der Waals surface area contributed by atoms with Gasteiger partial charge in [-0.05, 0) is 31.0 Å². The molecule has 0 fully saturated rings. The summed E-state index contributed by atoms with van der Waals surface area (Å²) in [5, 5.41) is 0. The molecular formula is C26H27N2O4P. The number of hydrogen-bond acceptors (Lipinski definition) is 5. The fourth-order valence-electron chi connectivity index (χ4n) is 3.92. The standard InChI is InChI=1S/C26H27N2O4P/c1-3-31-33(30,32-4-2)25(21-15-9-6-10-16-21)27-24-22-17-11-12-18-23(22)28(26(24)29)19-20-13-7-5-8-14-20/h5-18,25H,3-4,19H2,1-2H3/b27-24+. The van der Waals surface area contributed by atoms with Gasteiger partial charge >= 0.3 is 7.60 Å². The normalized spacial score (nSPS) is 15.6. The van der Waals surface area contributed by atoms with Crippen LogP contribution in [-0.2, 0) is 25.0 Å². The number of rotatable bonds is 9. The molecule has 1 aliphatic heterocycles. The van der Waals surface area contributed by atoms with Crippen LogP contribution in [0.2, 0.25) is 0 Å². The number of aliphatic imine (C=N–C) groups is 1. The number of hydrogen-bond donors (Lipinski definition) is 0. The second-order valence-electron chi connectivity index (χ2n) is 7.53. The molecule has 33 heavy (non-hydrogen) atoms. The first-order valence-electron chi connectivity index (χ1n) is 11.0. The minimum absolute atomic E-state index is 0.204. The summed E-state index contributed by atoms with van der Waals surface area (Å²) in [7, 11) is -3.69. The predicted molar refractivity (Wildman–Crippen MR) is 131 cm³/mol. The summed E-state index contributed by atoms with van der Waals surface area (Å²) < 4.78 is 25.1. The summed E-state index contributed by atoms with van der Waals surface area (Å²) in [6, 6.07) is 26.6. The van der Waals surface area contributed by atoms with Crippen molar-refractivity contribution < 1.29 is 18.4 Å². The summed E-state index contributed by atoms with van der Waals surface area (Å²) in [6.45, 7) is 4.35. The highest BCUT2D eigenvalue weighted by Crippen LogP contribution is 2.62. The zero-order valence-corrected chi connectivity index (χ0v) is 19.7. The quantitative estimate of drug-likeness (QED) is 0.367. The van der Waals surface area contributed by atoms with Crippen LogP contribution >= 0.6 is 7.60 Å². The zero-order chi connectivity index (χ0) is 23.3. The maximum Gasteiger partial charge on any atom is 0.359 e. The van der Waals surface area contributed by atoms with Crippen molar-refractivity contribution in [2.45, 2.75) is 26.2 Å². The first-order chi connectivity index (χ1) is 16.1. The molecule has 0 spiro atoms.